The monoisotopic (exact) mass is 642 g/mol. The highest BCUT2D eigenvalue weighted by atomic mass is 16.5. The van der Waals surface area contributed by atoms with Crippen molar-refractivity contribution in [2.24, 2.45) is 5.92 Å². The van der Waals surface area contributed by atoms with Crippen LogP contribution in [0.2, 0.25) is 0 Å². The van der Waals surface area contributed by atoms with Crippen molar-refractivity contribution in [2.75, 3.05) is 44.3 Å². The van der Waals surface area contributed by atoms with Crippen LogP contribution < -0.4 is 4.90 Å². The van der Waals surface area contributed by atoms with Gasteiger partial charge in [-0.3, -0.25) is 9.59 Å². The van der Waals surface area contributed by atoms with E-state index in [1.54, 1.807) is 11.0 Å². The Morgan fingerprint density at radius 1 is 0.833 bits per heavy atom. The molecule has 2 saturated heterocycles. The first-order valence-electron chi connectivity index (χ1n) is 17.2. The number of pyridine rings is 1. The number of carbonyl (C=O) groups excluding carboxylic acids is 2. The number of benzene rings is 3. The fourth-order valence-corrected chi connectivity index (χ4v) is 6.65. The van der Waals surface area contributed by atoms with Gasteiger partial charge in [0.05, 0.1) is 13.2 Å². The predicted octanol–water partition coefficient (Wildman–Crippen LogP) is 6.36. The lowest BCUT2D eigenvalue weighted by atomic mass is 9.89. The Morgan fingerprint density at radius 3 is 2.15 bits per heavy atom. The maximum atomic E-state index is 14.5. The van der Waals surface area contributed by atoms with Gasteiger partial charge in [-0.25, -0.2) is 4.98 Å². The van der Waals surface area contributed by atoms with Gasteiger partial charge in [-0.15, -0.1) is 0 Å². The predicted molar refractivity (Wildman–Crippen MR) is 191 cm³/mol. The number of amides is 2. The van der Waals surface area contributed by atoms with E-state index < -0.39 is 6.04 Å². The lowest BCUT2D eigenvalue weighted by Crippen LogP contribution is -2.53. The minimum atomic E-state index is -0.660. The molecule has 0 N–H and O–H groups in total. The van der Waals surface area contributed by atoms with Crippen molar-refractivity contribution >= 4 is 23.7 Å². The van der Waals surface area contributed by atoms with E-state index in [-0.39, 0.29) is 18.4 Å². The molecule has 7 heteroatoms. The molecule has 0 bridgehead atoms. The van der Waals surface area contributed by atoms with Gasteiger partial charge in [0.2, 0.25) is 11.8 Å². The maximum Gasteiger partial charge on any atom is 0.247 e. The Kier molecular flexibility index (Phi) is 11.3. The molecule has 0 radical (unpaired) electrons. The topological polar surface area (TPSA) is 66.0 Å². The number of anilines is 1. The molecule has 1 aromatic heterocycles. The lowest BCUT2D eigenvalue weighted by Gasteiger charge is -2.38. The van der Waals surface area contributed by atoms with Gasteiger partial charge in [0.1, 0.15) is 11.9 Å². The van der Waals surface area contributed by atoms with Gasteiger partial charge >= 0.3 is 0 Å². The van der Waals surface area contributed by atoms with E-state index in [2.05, 4.69) is 35.2 Å². The standard InChI is InChI=1S/C41H46N4O3/c1-32-12-14-33(15-13-32)17-19-40(46)45(31-37-16-18-39(42-30-37)43-24-26-48-27-25-43)38(29-35-10-6-3-7-11-35)41(47)44-22-20-36(21-23-44)28-34-8-4-2-5-9-34/h2-19,30,36,38H,20-29,31H2,1H3. The number of rotatable bonds is 11. The van der Waals surface area contributed by atoms with E-state index in [9.17, 15) is 9.59 Å². The van der Waals surface area contributed by atoms with Crippen LogP contribution in [0.1, 0.15) is 40.7 Å². The highest BCUT2D eigenvalue weighted by Crippen LogP contribution is 2.25. The summed E-state index contributed by atoms with van der Waals surface area (Å²) >= 11 is 0. The first-order chi connectivity index (χ1) is 23.5. The smallest absolute Gasteiger partial charge is 0.247 e. The summed E-state index contributed by atoms with van der Waals surface area (Å²) in [7, 11) is 0. The first kappa shape index (κ1) is 33.2. The third kappa shape index (κ3) is 8.98. The molecule has 0 spiro atoms. The lowest BCUT2D eigenvalue weighted by molar-refractivity contribution is -0.145. The summed E-state index contributed by atoms with van der Waals surface area (Å²) in [5.41, 5.74) is 5.35. The minimum Gasteiger partial charge on any atom is -0.378 e. The molecule has 3 aromatic carbocycles. The van der Waals surface area contributed by atoms with Crippen LogP contribution in [0.3, 0.4) is 0 Å². The van der Waals surface area contributed by atoms with E-state index in [4.69, 9.17) is 9.72 Å². The van der Waals surface area contributed by atoms with Crippen LogP contribution in [0.25, 0.3) is 6.08 Å². The van der Waals surface area contributed by atoms with Gasteiger partial charge in [-0.2, -0.15) is 0 Å². The number of hydrogen-bond acceptors (Lipinski definition) is 5. The van der Waals surface area contributed by atoms with Crippen LogP contribution >= 0.6 is 0 Å². The Hall–Kier alpha value is -4.75. The molecule has 248 valence electrons. The van der Waals surface area contributed by atoms with E-state index in [1.165, 1.54) is 5.56 Å². The second kappa shape index (κ2) is 16.4. The summed E-state index contributed by atoms with van der Waals surface area (Å²) in [6.45, 7) is 6.69. The highest BCUT2D eigenvalue weighted by molar-refractivity contribution is 5.95. The molecule has 0 aliphatic carbocycles. The molecule has 6 rings (SSSR count). The number of nitrogens with zero attached hydrogens (tertiary/aromatic N) is 4. The highest BCUT2D eigenvalue weighted by Gasteiger charge is 2.34. The molecule has 1 atom stereocenters. The summed E-state index contributed by atoms with van der Waals surface area (Å²) in [5, 5.41) is 0. The first-order valence-corrected chi connectivity index (χ1v) is 17.2. The largest absolute Gasteiger partial charge is 0.378 e. The molecule has 2 aliphatic rings. The molecule has 2 amide bonds. The van der Waals surface area contributed by atoms with Crippen molar-refractivity contribution in [2.45, 2.75) is 45.2 Å². The van der Waals surface area contributed by atoms with Crippen LogP contribution in [0.15, 0.2) is 109 Å². The van der Waals surface area contributed by atoms with Gasteiger partial charge in [0, 0.05) is 51.4 Å². The molecular weight excluding hydrogens is 596 g/mol. The summed E-state index contributed by atoms with van der Waals surface area (Å²) in [6, 6.07) is 32.1. The number of morpholine rings is 1. The van der Waals surface area contributed by atoms with Gasteiger partial charge in [0.25, 0.3) is 0 Å². The average molecular weight is 643 g/mol. The van der Waals surface area contributed by atoms with Gasteiger partial charge < -0.3 is 19.4 Å². The third-order valence-electron chi connectivity index (χ3n) is 9.50. The van der Waals surface area contributed by atoms with Crippen molar-refractivity contribution in [3.05, 3.63) is 137 Å². The van der Waals surface area contributed by atoms with E-state index in [1.807, 2.05) is 90.8 Å². The quantitative estimate of drug-likeness (QED) is 0.178. The van der Waals surface area contributed by atoms with Crippen molar-refractivity contribution in [3.8, 4) is 0 Å². The molecule has 3 heterocycles. The van der Waals surface area contributed by atoms with Crippen LogP contribution in [0.5, 0.6) is 0 Å². The summed E-state index contributed by atoms with van der Waals surface area (Å²) in [6.07, 6.45) is 8.66. The van der Waals surface area contributed by atoms with Crippen molar-refractivity contribution in [1.82, 2.24) is 14.8 Å². The number of aromatic nitrogens is 1. The van der Waals surface area contributed by atoms with Gasteiger partial charge in [-0.1, -0.05) is 96.6 Å². The zero-order valence-corrected chi connectivity index (χ0v) is 27.9. The van der Waals surface area contributed by atoms with Crippen molar-refractivity contribution < 1.29 is 14.3 Å². The number of piperidine rings is 1. The maximum absolute atomic E-state index is 14.5. The molecule has 7 nitrogen and oxygen atoms in total. The van der Waals surface area contributed by atoms with Gasteiger partial charge in [0.15, 0.2) is 0 Å². The van der Waals surface area contributed by atoms with Crippen LogP contribution in [-0.4, -0.2) is 72.0 Å². The minimum absolute atomic E-state index is 0.00648. The third-order valence-corrected chi connectivity index (χ3v) is 9.50. The van der Waals surface area contributed by atoms with E-state index in [0.717, 1.165) is 60.4 Å². The molecule has 0 saturated carbocycles. The number of likely N-dealkylation sites (tertiary alicyclic amines) is 1. The molecule has 2 fully saturated rings. The van der Waals surface area contributed by atoms with Gasteiger partial charge in [-0.05, 0) is 66.5 Å². The number of carbonyl (C=O) groups is 2. The number of aryl methyl sites for hydroxylation is 1. The summed E-state index contributed by atoms with van der Waals surface area (Å²) < 4.78 is 5.51. The number of ether oxygens (including phenoxy) is 1. The van der Waals surface area contributed by atoms with Crippen LogP contribution in [0, 0.1) is 12.8 Å². The summed E-state index contributed by atoms with van der Waals surface area (Å²) in [5.74, 6) is 1.25. The second-order valence-electron chi connectivity index (χ2n) is 13.0. The Bertz CT molecular complexity index is 1630. The number of hydrogen-bond donors (Lipinski definition) is 0. The van der Waals surface area contributed by atoms with E-state index in [0.29, 0.717) is 38.6 Å². The zero-order chi connectivity index (χ0) is 33.1. The normalized spacial score (nSPS) is 16.2. The fraction of sp³-hybridized carbons (Fsp3) is 0.341. The average Bonchev–Trinajstić information content (AvgIpc) is 3.14. The van der Waals surface area contributed by atoms with Crippen LogP contribution in [0.4, 0.5) is 5.82 Å². The summed E-state index contributed by atoms with van der Waals surface area (Å²) in [4.78, 5) is 39.5. The second-order valence-corrected chi connectivity index (χ2v) is 13.0. The fourth-order valence-electron chi connectivity index (χ4n) is 6.65. The van der Waals surface area contributed by atoms with Crippen LogP contribution in [-0.2, 0) is 33.7 Å². The van der Waals surface area contributed by atoms with E-state index >= 15 is 0 Å². The molecular formula is C41H46N4O3. The Labute approximate surface area is 284 Å². The SMILES string of the molecule is Cc1ccc(C=CC(=O)N(Cc2ccc(N3CCOCC3)nc2)C(Cc2ccccc2)C(=O)N2CCC(Cc3ccccc3)CC2)cc1. The van der Waals surface area contributed by atoms with Crippen molar-refractivity contribution in [3.63, 3.8) is 0 Å². The molecule has 2 aliphatic heterocycles. The van der Waals surface area contributed by atoms with Crippen molar-refractivity contribution in [1.29, 1.82) is 0 Å². The molecule has 48 heavy (non-hydrogen) atoms. The zero-order valence-electron chi connectivity index (χ0n) is 27.9. The molecule has 4 aromatic rings. The Balaban J connectivity index is 1.25. The molecule has 1 unspecified atom stereocenters. The Morgan fingerprint density at radius 2 is 1.50 bits per heavy atom.